The summed E-state index contributed by atoms with van der Waals surface area (Å²) in [4.78, 5) is 13.2. The lowest BCUT2D eigenvalue weighted by molar-refractivity contribution is -0.118. The summed E-state index contributed by atoms with van der Waals surface area (Å²) >= 11 is 0. The summed E-state index contributed by atoms with van der Waals surface area (Å²) in [6, 6.07) is 4.23. The summed E-state index contributed by atoms with van der Waals surface area (Å²) in [6.45, 7) is 6.24. The second-order valence-electron chi connectivity index (χ2n) is 7.13. The number of Topliss-reactive ketones (excluding diaryl/α,β-unsaturated/α-hetero) is 1. The van der Waals surface area contributed by atoms with Crippen LogP contribution in [0.1, 0.15) is 36.1 Å². The summed E-state index contributed by atoms with van der Waals surface area (Å²) in [5.74, 6) is 2.13. The maximum atomic E-state index is 13.2. The molecule has 0 amide bonds. The molecular formula is C22H22O3. The molecule has 0 radical (unpaired) electrons. The molecule has 128 valence electrons. The predicted octanol–water partition coefficient (Wildman–Crippen LogP) is 3.54. The highest BCUT2D eigenvalue weighted by molar-refractivity contribution is 6.26. The fourth-order valence-corrected chi connectivity index (χ4v) is 4.70. The summed E-state index contributed by atoms with van der Waals surface area (Å²) < 4.78 is 5.85. The van der Waals surface area contributed by atoms with Gasteiger partial charge in [0.15, 0.2) is 5.78 Å². The van der Waals surface area contributed by atoms with E-state index in [1.165, 1.54) is 5.56 Å². The first-order chi connectivity index (χ1) is 12.0. The highest BCUT2D eigenvalue weighted by Gasteiger charge is 2.59. The monoisotopic (exact) mass is 334 g/mol. The standard InChI is InChI=1S/C22H22O3/c1-5-12-8-11(4)9-13(6-2)16(12)18-20(23)17-15-10-14(7-3)22(25-15)19(17)21(18)24/h3,8-10,15,17,19,22,24H,5-6H2,1-2,4H3/t15-,17-,19+,22+/m0/s1. The van der Waals surface area contributed by atoms with Crippen molar-refractivity contribution in [3.63, 3.8) is 0 Å². The Balaban J connectivity index is 1.89. The Labute approximate surface area is 148 Å². The van der Waals surface area contributed by atoms with Crippen molar-refractivity contribution in [3.8, 4) is 12.3 Å². The molecular weight excluding hydrogens is 312 g/mol. The van der Waals surface area contributed by atoms with Gasteiger partial charge < -0.3 is 9.84 Å². The van der Waals surface area contributed by atoms with Gasteiger partial charge in [0.1, 0.15) is 11.9 Å². The molecule has 25 heavy (non-hydrogen) atoms. The van der Waals surface area contributed by atoms with Crippen LogP contribution in [0.15, 0.2) is 29.5 Å². The van der Waals surface area contributed by atoms with Gasteiger partial charge in [-0.1, -0.05) is 37.5 Å². The Morgan fingerprint density at radius 2 is 1.84 bits per heavy atom. The van der Waals surface area contributed by atoms with E-state index in [-0.39, 0.29) is 35.6 Å². The maximum absolute atomic E-state index is 13.2. The molecule has 1 aromatic rings. The third-order valence-electron chi connectivity index (χ3n) is 5.77. The number of rotatable bonds is 3. The highest BCUT2D eigenvalue weighted by atomic mass is 16.5. The molecule has 2 heterocycles. The molecule has 1 saturated heterocycles. The molecule has 1 N–H and O–H groups in total. The number of allylic oxidation sites excluding steroid dienone is 1. The topological polar surface area (TPSA) is 46.5 Å². The zero-order valence-corrected chi connectivity index (χ0v) is 14.8. The maximum Gasteiger partial charge on any atom is 0.173 e. The van der Waals surface area contributed by atoms with Crippen LogP contribution in [-0.4, -0.2) is 23.1 Å². The van der Waals surface area contributed by atoms with Gasteiger partial charge in [-0.2, -0.15) is 0 Å². The lowest BCUT2D eigenvalue weighted by atomic mass is 9.80. The Morgan fingerprint density at radius 1 is 1.20 bits per heavy atom. The van der Waals surface area contributed by atoms with Crippen LogP contribution in [0.5, 0.6) is 0 Å². The van der Waals surface area contributed by atoms with Crippen LogP contribution in [0, 0.1) is 31.1 Å². The number of benzene rings is 1. The Hall–Kier alpha value is -2.31. The molecule has 2 bridgehead atoms. The highest BCUT2D eigenvalue weighted by Crippen LogP contribution is 2.53. The lowest BCUT2D eigenvalue weighted by Crippen LogP contribution is -2.28. The molecule has 3 aliphatic rings. The molecule has 1 fully saturated rings. The molecule has 0 aromatic heterocycles. The van der Waals surface area contributed by atoms with E-state index >= 15 is 0 Å². The predicted molar refractivity (Wildman–Crippen MR) is 97.0 cm³/mol. The van der Waals surface area contributed by atoms with Crippen LogP contribution in [0.25, 0.3) is 5.57 Å². The number of carbonyl (C=O) groups is 1. The average molecular weight is 334 g/mol. The van der Waals surface area contributed by atoms with Crippen LogP contribution in [0.4, 0.5) is 0 Å². The quantitative estimate of drug-likeness (QED) is 0.860. The molecule has 4 atom stereocenters. The minimum atomic E-state index is -0.359. The van der Waals surface area contributed by atoms with E-state index in [0.717, 1.165) is 35.1 Å². The van der Waals surface area contributed by atoms with E-state index < -0.39 is 0 Å². The number of fused-ring (bicyclic) bond motifs is 5. The van der Waals surface area contributed by atoms with E-state index in [9.17, 15) is 9.90 Å². The third kappa shape index (κ3) is 2.07. The first-order valence-corrected chi connectivity index (χ1v) is 8.95. The molecule has 3 nitrogen and oxygen atoms in total. The fraction of sp³-hybridized carbons (Fsp3) is 0.409. The molecule has 1 aromatic carbocycles. The number of carbonyl (C=O) groups excluding carboxylic acids is 1. The van der Waals surface area contributed by atoms with Crippen molar-refractivity contribution in [2.24, 2.45) is 11.8 Å². The number of hydrogen-bond acceptors (Lipinski definition) is 3. The number of ketones is 1. The van der Waals surface area contributed by atoms with E-state index in [2.05, 4.69) is 38.8 Å². The van der Waals surface area contributed by atoms with Gasteiger partial charge in [-0.05, 0) is 42.5 Å². The molecule has 0 unspecified atom stereocenters. The molecule has 1 aliphatic carbocycles. The molecule has 3 heteroatoms. The van der Waals surface area contributed by atoms with Crippen molar-refractivity contribution in [1.82, 2.24) is 0 Å². The second kappa shape index (κ2) is 5.61. The van der Waals surface area contributed by atoms with Crippen LogP contribution in [0.3, 0.4) is 0 Å². The molecule has 0 spiro atoms. The number of aliphatic hydroxyl groups is 1. The third-order valence-corrected chi connectivity index (χ3v) is 5.77. The van der Waals surface area contributed by atoms with E-state index in [4.69, 9.17) is 11.2 Å². The molecule has 4 rings (SSSR count). The van der Waals surface area contributed by atoms with Gasteiger partial charge in [0, 0.05) is 5.57 Å². The smallest absolute Gasteiger partial charge is 0.173 e. The number of aliphatic hydroxyl groups excluding tert-OH is 1. The van der Waals surface area contributed by atoms with Gasteiger partial charge in [-0.15, -0.1) is 6.42 Å². The Kier molecular flexibility index (Phi) is 3.63. The van der Waals surface area contributed by atoms with Crippen molar-refractivity contribution in [3.05, 3.63) is 51.8 Å². The minimum absolute atomic E-state index is 0.00410. The van der Waals surface area contributed by atoms with Gasteiger partial charge in [0.25, 0.3) is 0 Å². The summed E-state index contributed by atoms with van der Waals surface area (Å²) in [6.07, 6.45) is 8.40. The fourth-order valence-electron chi connectivity index (χ4n) is 4.70. The normalized spacial score (nSPS) is 29.8. The summed E-state index contributed by atoms with van der Waals surface area (Å²) in [5, 5.41) is 11.0. The first kappa shape index (κ1) is 16.2. The SMILES string of the molecule is C#CC1=C[C@@H]2O[C@H]1[C@H]1C(O)=C(c3c(CC)cc(C)cc3CC)C(=O)[C@H]12. The van der Waals surface area contributed by atoms with Gasteiger partial charge >= 0.3 is 0 Å². The van der Waals surface area contributed by atoms with E-state index in [0.29, 0.717) is 5.57 Å². The van der Waals surface area contributed by atoms with Crippen molar-refractivity contribution in [2.45, 2.75) is 45.8 Å². The largest absolute Gasteiger partial charge is 0.511 e. The van der Waals surface area contributed by atoms with Crippen LogP contribution >= 0.6 is 0 Å². The van der Waals surface area contributed by atoms with Crippen LogP contribution in [-0.2, 0) is 22.4 Å². The number of ether oxygens (including phenoxy) is 1. The van der Waals surface area contributed by atoms with Crippen molar-refractivity contribution < 1.29 is 14.6 Å². The van der Waals surface area contributed by atoms with Gasteiger partial charge in [-0.3, -0.25) is 4.79 Å². The minimum Gasteiger partial charge on any atom is -0.511 e. The van der Waals surface area contributed by atoms with Crippen LogP contribution < -0.4 is 0 Å². The molecule has 2 aliphatic heterocycles. The van der Waals surface area contributed by atoms with E-state index in [1.54, 1.807) is 0 Å². The summed E-state index contributed by atoms with van der Waals surface area (Å²) in [7, 11) is 0. The summed E-state index contributed by atoms with van der Waals surface area (Å²) in [5.41, 5.74) is 5.59. The van der Waals surface area contributed by atoms with Gasteiger partial charge in [-0.25, -0.2) is 0 Å². The van der Waals surface area contributed by atoms with Gasteiger partial charge in [0.2, 0.25) is 0 Å². The molecule has 0 saturated carbocycles. The van der Waals surface area contributed by atoms with E-state index in [1.807, 2.05) is 6.08 Å². The zero-order valence-electron chi connectivity index (χ0n) is 14.8. The number of hydrogen-bond donors (Lipinski definition) is 1. The Morgan fingerprint density at radius 3 is 2.40 bits per heavy atom. The van der Waals surface area contributed by atoms with Crippen molar-refractivity contribution >= 4 is 11.4 Å². The van der Waals surface area contributed by atoms with Gasteiger partial charge in [0.05, 0.1) is 23.5 Å². The number of aryl methyl sites for hydroxylation is 3. The Bertz CT molecular complexity index is 856. The average Bonchev–Trinajstić information content (AvgIpc) is 3.26. The van der Waals surface area contributed by atoms with Crippen molar-refractivity contribution in [1.29, 1.82) is 0 Å². The number of terminal acetylenes is 1. The second-order valence-corrected chi connectivity index (χ2v) is 7.13. The lowest BCUT2D eigenvalue weighted by Gasteiger charge is -2.18. The van der Waals surface area contributed by atoms with Crippen molar-refractivity contribution in [2.75, 3.05) is 0 Å². The first-order valence-electron chi connectivity index (χ1n) is 8.95. The zero-order chi connectivity index (χ0) is 17.9. The van der Waals surface area contributed by atoms with Crippen LogP contribution in [0.2, 0.25) is 0 Å².